The van der Waals surface area contributed by atoms with Crippen LogP contribution in [0.5, 0.6) is 0 Å². The molecule has 1 saturated carbocycles. The molecule has 0 radical (unpaired) electrons. The first kappa shape index (κ1) is 16.5. The summed E-state index contributed by atoms with van der Waals surface area (Å²) in [6.07, 6.45) is 4.07. The smallest absolute Gasteiger partial charge is 0.0329 e. The van der Waals surface area contributed by atoms with E-state index < -0.39 is 0 Å². The zero-order valence-electron chi connectivity index (χ0n) is 14.4. The lowest BCUT2D eigenvalue weighted by Gasteiger charge is -2.29. The molecule has 1 aromatic rings. The predicted molar refractivity (Wildman–Crippen MR) is 91.8 cm³/mol. The lowest BCUT2D eigenvalue weighted by Crippen LogP contribution is -2.35. The largest absolute Gasteiger partial charge is 0.313 e. The third kappa shape index (κ3) is 5.12. The van der Waals surface area contributed by atoms with Gasteiger partial charge in [-0.3, -0.25) is 0 Å². The number of hydrogen-bond acceptors (Lipinski definition) is 2. The third-order valence-electron chi connectivity index (χ3n) is 4.62. The number of hydrogen-bond donors (Lipinski definition) is 1. The van der Waals surface area contributed by atoms with Gasteiger partial charge in [0.15, 0.2) is 0 Å². The van der Waals surface area contributed by atoms with Gasteiger partial charge < -0.3 is 10.2 Å². The van der Waals surface area contributed by atoms with Gasteiger partial charge in [-0.05, 0) is 65.5 Å². The van der Waals surface area contributed by atoms with Crippen molar-refractivity contribution in [1.29, 1.82) is 0 Å². The van der Waals surface area contributed by atoms with E-state index in [1.54, 1.807) is 0 Å². The Hall–Kier alpha value is -0.860. The first-order valence-corrected chi connectivity index (χ1v) is 8.49. The van der Waals surface area contributed by atoms with E-state index >= 15 is 0 Å². The summed E-state index contributed by atoms with van der Waals surface area (Å²) in [4.78, 5) is 2.66. The van der Waals surface area contributed by atoms with Crippen molar-refractivity contribution in [3.63, 3.8) is 0 Å². The average molecular weight is 288 g/mol. The van der Waals surface area contributed by atoms with Crippen LogP contribution < -0.4 is 5.32 Å². The van der Waals surface area contributed by atoms with Gasteiger partial charge in [-0.2, -0.15) is 0 Å². The lowest BCUT2D eigenvalue weighted by atomic mass is 9.99. The average Bonchev–Trinajstić information content (AvgIpc) is 3.20. The molecule has 0 heterocycles. The molecule has 21 heavy (non-hydrogen) atoms. The second kappa shape index (κ2) is 7.42. The molecule has 1 N–H and O–H groups in total. The van der Waals surface area contributed by atoms with Crippen molar-refractivity contribution in [2.45, 2.75) is 59.0 Å². The van der Waals surface area contributed by atoms with Gasteiger partial charge in [0, 0.05) is 25.2 Å². The minimum absolute atomic E-state index is 0.462. The lowest BCUT2D eigenvalue weighted by molar-refractivity contribution is 0.202. The number of nitrogens with one attached hydrogen (secondary N) is 1. The molecule has 0 spiro atoms. The van der Waals surface area contributed by atoms with Crippen LogP contribution in [0.4, 0.5) is 0 Å². The fraction of sp³-hybridized carbons (Fsp3) is 0.684. The summed E-state index contributed by atoms with van der Waals surface area (Å²) in [5.74, 6) is 0.974. The maximum absolute atomic E-state index is 3.51. The van der Waals surface area contributed by atoms with E-state index in [4.69, 9.17) is 0 Å². The summed E-state index contributed by atoms with van der Waals surface area (Å²) < 4.78 is 0. The quantitative estimate of drug-likeness (QED) is 0.775. The summed E-state index contributed by atoms with van der Waals surface area (Å²) in [5, 5.41) is 3.51. The number of benzene rings is 1. The number of aryl methyl sites for hydroxylation is 2. The maximum atomic E-state index is 3.51. The van der Waals surface area contributed by atoms with E-state index in [2.05, 4.69) is 63.2 Å². The Kier molecular flexibility index (Phi) is 5.83. The van der Waals surface area contributed by atoms with E-state index in [9.17, 15) is 0 Å². The first-order valence-electron chi connectivity index (χ1n) is 8.49. The molecule has 0 amide bonds. The van der Waals surface area contributed by atoms with Crippen LogP contribution in [-0.4, -0.2) is 31.1 Å². The zero-order valence-corrected chi connectivity index (χ0v) is 14.4. The monoisotopic (exact) mass is 288 g/mol. The van der Waals surface area contributed by atoms with Gasteiger partial charge in [0.1, 0.15) is 0 Å². The van der Waals surface area contributed by atoms with Crippen molar-refractivity contribution in [2.75, 3.05) is 20.1 Å². The highest BCUT2D eigenvalue weighted by Gasteiger charge is 2.25. The standard InChI is InChI=1S/C19H32N2/c1-14(2)21(13-17-6-7-17)9-8-19(20-5)18-11-15(3)10-16(4)12-18/h10-12,14,17,19-20H,6-9,13H2,1-5H3. The van der Waals surface area contributed by atoms with E-state index in [1.165, 1.54) is 49.0 Å². The second-order valence-electron chi connectivity index (χ2n) is 7.08. The van der Waals surface area contributed by atoms with Crippen molar-refractivity contribution in [3.05, 3.63) is 34.9 Å². The fourth-order valence-corrected chi connectivity index (χ4v) is 3.18. The minimum atomic E-state index is 0.462. The normalized spacial score (nSPS) is 16.7. The SMILES string of the molecule is CNC(CCN(CC1CC1)C(C)C)c1cc(C)cc(C)c1. The first-order chi connectivity index (χ1) is 9.99. The molecule has 0 aliphatic heterocycles. The highest BCUT2D eigenvalue weighted by atomic mass is 15.2. The molecule has 1 aromatic carbocycles. The Morgan fingerprint density at radius 1 is 1.14 bits per heavy atom. The third-order valence-corrected chi connectivity index (χ3v) is 4.62. The van der Waals surface area contributed by atoms with Crippen LogP contribution in [0.25, 0.3) is 0 Å². The van der Waals surface area contributed by atoms with Crippen LogP contribution in [0.3, 0.4) is 0 Å². The summed E-state index contributed by atoms with van der Waals surface area (Å²) in [6.45, 7) is 11.5. The van der Waals surface area contributed by atoms with Crippen LogP contribution in [0.1, 0.15) is 55.8 Å². The van der Waals surface area contributed by atoms with E-state index in [-0.39, 0.29) is 0 Å². The van der Waals surface area contributed by atoms with Crippen molar-refractivity contribution in [2.24, 2.45) is 5.92 Å². The van der Waals surface area contributed by atoms with Gasteiger partial charge >= 0.3 is 0 Å². The molecule has 2 nitrogen and oxygen atoms in total. The summed E-state index contributed by atoms with van der Waals surface area (Å²) in [7, 11) is 2.09. The molecule has 0 aromatic heterocycles. The van der Waals surface area contributed by atoms with Crippen LogP contribution >= 0.6 is 0 Å². The molecule has 1 fully saturated rings. The van der Waals surface area contributed by atoms with Gasteiger partial charge in [-0.1, -0.05) is 29.3 Å². The molecular weight excluding hydrogens is 256 g/mol. The van der Waals surface area contributed by atoms with E-state index in [0.29, 0.717) is 12.1 Å². The molecule has 1 aliphatic carbocycles. The van der Waals surface area contributed by atoms with Crippen LogP contribution in [0.2, 0.25) is 0 Å². The summed E-state index contributed by atoms with van der Waals surface area (Å²) in [6, 6.07) is 8.03. The Bertz CT molecular complexity index is 429. The fourth-order valence-electron chi connectivity index (χ4n) is 3.18. The topological polar surface area (TPSA) is 15.3 Å². The van der Waals surface area contributed by atoms with Crippen LogP contribution in [0, 0.1) is 19.8 Å². The van der Waals surface area contributed by atoms with Gasteiger partial charge in [0.2, 0.25) is 0 Å². The van der Waals surface area contributed by atoms with E-state index in [0.717, 1.165) is 5.92 Å². The van der Waals surface area contributed by atoms with Crippen LogP contribution in [0.15, 0.2) is 18.2 Å². The van der Waals surface area contributed by atoms with Gasteiger partial charge in [-0.25, -0.2) is 0 Å². The van der Waals surface area contributed by atoms with Gasteiger partial charge in [-0.15, -0.1) is 0 Å². The van der Waals surface area contributed by atoms with Crippen molar-refractivity contribution in [3.8, 4) is 0 Å². The molecule has 1 aliphatic rings. The Balaban J connectivity index is 1.96. The maximum Gasteiger partial charge on any atom is 0.0329 e. The Morgan fingerprint density at radius 3 is 2.24 bits per heavy atom. The van der Waals surface area contributed by atoms with Crippen LogP contribution in [-0.2, 0) is 0 Å². The molecular formula is C19H32N2. The van der Waals surface area contributed by atoms with Gasteiger partial charge in [0.05, 0.1) is 0 Å². The van der Waals surface area contributed by atoms with Gasteiger partial charge in [0.25, 0.3) is 0 Å². The summed E-state index contributed by atoms with van der Waals surface area (Å²) >= 11 is 0. The van der Waals surface area contributed by atoms with Crippen molar-refractivity contribution >= 4 is 0 Å². The molecule has 118 valence electrons. The van der Waals surface area contributed by atoms with Crippen molar-refractivity contribution < 1.29 is 0 Å². The highest BCUT2D eigenvalue weighted by Crippen LogP contribution is 2.30. The molecule has 0 bridgehead atoms. The molecule has 1 atom stereocenters. The van der Waals surface area contributed by atoms with Crippen molar-refractivity contribution in [1.82, 2.24) is 10.2 Å². The minimum Gasteiger partial charge on any atom is -0.313 e. The molecule has 2 rings (SSSR count). The summed E-state index contributed by atoms with van der Waals surface area (Å²) in [5.41, 5.74) is 4.16. The predicted octanol–water partition coefficient (Wildman–Crippen LogP) is 4.07. The van der Waals surface area contributed by atoms with E-state index in [1.807, 2.05) is 0 Å². The zero-order chi connectivity index (χ0) is 15.4. The Morgan fingerprint density at radius 2 is 1.76 bits per heavy atom. The Labute approximate surface area is 130 Å². The highest BCUT2D eigenvalue weighted by molar-refractivity contribution is 5.30. The molecule has 0 saturated heterocycles. The molecule has 2 heteroatoms. The second-order valence-corrected chi connectivity index (χ2v) is 7.08. The molecule has 1 unspecified atom stereocenters. The number of nitrogens with zero attached hydrogens (tertiary/aromatic N) is 1. The number of rotatable bonds is 8.